The third-order valence-corrected chi connectivity index (χ3v) is 3.92. The first-order valence-corrected chi connectivity index (χ1v) is 8.14. The van der Waals surface area contributed by atoms with Crippen LogP contribution in [0.5, 0.6) is 0 Å². The number of ether oxygens (including phenoxy) is 1. The molecule has 0 radical (unpaired) electrons. The van der Waals surface area contributed by atoms with Gasteiger partial charge in [0.2, 0.25) is 0 Å². The molecule has 0 aromatic heterocycles. The molecule has 3 rings (SSSR count). The van der Waals surface area contributed by atoms with Crippen molar-refractivity contribution < 1.29 is 4.74 Å². The second kappa shape index (κ2) is 7.18. The highest BCUT2D eigenvalue weighted by molar-refractivity contribution is 5.90. The number of anilines is 2. The van der Waals surface area contributed by atoms with E-state index in [1.807, 2.05) is 24.3 Å². The Balaban J connectivity index is 1.68. The summed E-state index contributed by atoms with van der Waals surface area (Å²) in [6, 6.07) is 17.1. The average Bonchev–Trinajstić information content (AvgIpc) is 2.59. The minimum Gasteiger partial charge on any atom is -0.457 e. The van der Waals surface area contributed by atoms with E-state index in [0.717, 1.165) is 30.9 Å². The van der Waals surface area contributed by atoms with Crippen molar-refractivity contribution in [2.24, 2.45) is 4.99 Å². The molecule has 0 amide bonds. The molecule has 1 unspecified atom stereocenters. The molecule has 0 saturated carbocycles. The molecular weight excluding hydrogens is 286 g/mol. The quantitative estimate of drug-likeness (QED) is 0.882. The molecule has 0 bridgehead atoms. The maximum atomic E-state index is 6.02. The molecule has 2 N–H and O–H groups in total. The van der Waals surface area contributed by atoms with Gasteiger partial charge in [0.25, 0.3) is 6.02 Å². The molecule has 4 nitrogen and oxygen atoms in total. The SMILES string of the molecule is CCNc1ccc(NC2=NCCC(c3ccccc3)O2)cc1C. The number of rotatable bonds is 4. The zero-order chi connectivity index (χ0) is 16.1. The molecule has 1 heterocycles. The normalized spacial score (nSPS) is 17.1. The Morgan fingerprint density at radius 1 is 1.17 bits per heavy atom. The lowest BCUT2D eigenvalue weighted by Gasteiger charge is -2.24. The van der Waals surface area contributed by atoms with Gasteiger partial charge >= 0.3 is 0 Å². The highest BCUT2D eigenvalue weighted by Gasteiger charge is 2.19. The third-order valence-electron chi connectivity index (χ3n) is 3.92. The number of hydrogen-bond donors (Lipinski definition) is 2. The molecule has 2 aromatic rings. The lowest BCUT2D eigenvalue weighted by atomic mass is 10.1. The molecule has 0 aliphatic carbocycles. The van der Waals surface area contributed by atoms with Gasteiger partial charge in [-0.1, -0.05) is 30.3 Å². The maximum Gasteiger partial charge on any atom is 0.289 e. The van der Waals surface area contributed by atoms with E-state index in [1.165, 1.54) is 11.1 Å². The summed E-state index contributed by atoms with van der Waals surface area (Å²) < 4.78 is 6.02. The van der Waals surface area contributed by atoms with Gasteiger partial charge in [0.1, 0.15) is 6.10 Å². The van der Waals surface area contributed by atoms with E-state index in [-0.39, 0.29) is 6.10 Å². The molecule has 2 aromatic carbocycles. The van der Waals surface area contributed by atoms with E-state index in [9.17, 15) is 0 Å². The lowest BCUT2D eigenvalue weighted by Crippen LogP contribution is -2.24. The summed E-state index contributed by atoms with van der Waals surface area (Å²) in [7, 11) is 0. The van der Waals surface area contributed by atoms with Gasteiger partial charge in [0, 0.05) is 30.9 Å². The Bertz CT molecular complexity index is 682. The molecule has 0 saturated heterocycles. The van der Waals surface area contributed by atoms with Crippen LogP contribution in [0.4, 0.5) is 11.4 Å². The van der Waals surface area contributed by atoms with Crippen LogP contribution in [0.3, 0.4) is 0 Å². The van der Waals surface area contributed by atoms with Gasteiger partial charge in [0.05, 0.1) is 0 Å². The van der Waals surface area contributed by atoms with Gasteiger partial charge in [-0.25, -0.2) is 4.99 Å². The summed E-state index contributed by atoms with van der Waals surface area (Å²) in [6.45, 7) is 5.89. The van der Waals surface area contributed by atoms with E-state index in [4.69, 9.17) is 4.74 Å². The standard InChI is InChI=1S/C19H23N3O/c1-3-20-17-10-9-16(13-14(17)2)22-19-21-12-11-18(23-19)15-7-5-4-6-8-15/h4-10,13,18,20H,3,11-12H2,1-2H3,(H,21,22). The van der Waals surface area contributed by atoms with Gasteiger partial charge in [-0.05, 0) is 43.2 Å². The zero-order valence-electron chi connectivity index (χ0n) is 13.7. The first kappa shape index (κ1) is 15.4. The molecular formula is C19H23N3O. The van der Waals surface area contributed by atoms with Gasteiger partial charge in [-0.2, -0.15) is 0 Å². The summed E-state index contributed by atoms with van der Waals surface area (Å²) in [6.07, 6.45) is 0.978. The van der Waals surface area contributed by atoms with Crippen LogP contribution in [0.25, 0.3) is 0 Å². The Hall–Kier alpha value is -2.49. The fourth-order valence-corrected chi connectivity index (χ4v) is 2.74. The van der Waals surface area contributed by atoms with Crippen molar-refractivity contribution in [2.75, 3.05) is 23.7 Å². The Kier molecular flexibility index (Phi) is 4.81. The van der Waals surface area contributed by atoms with E-state index < -0.39 is 0 Å². The van der Waals surface area contributed by atoms with E-state index in [0.29, 0.717) is 6.02 Å². The minimum atomic E-state index is 0.0679. The van der Waals surface area contributed by atoms with Crippen molar-refractivity contribution in [1.29, 1.82) is 0 Å². The summed E-state index contributed by atoms with van der Waals surface area (Å²) in [4.78, 5) is 4.46. The summed E-state index contributed by atoms with van der Waals surface area (Å²) >= 11 is 0. The summed E-state index contributed by atoms with van der Waals surface area (Å²) in [5.74, 6) is 0. The highest BCUT2D eigenvalue weighted by atomic mass is 16.5. The van der Waals surface area contributed by atoms with Crippen molar-refractivity contribution in [2.45, 2.75) is 26.4 Å². The maximum absolute atomic E-state index is 6.02. The fourth-order valence-electron chi connectivity index (χ4n) is 2.74. The number of nitrogens with zero attached hydrogens (tertiary/aromatic N) is 1. The summed E-state index contributed by atoms with van der Waals surface area (Å²) in [5, 5.41) is 6.64. The fraction of sp³-hybridized carbons (Fsp3) is 0.316. The molecule has 1 aliphatic heterocycles. The van der Waals surface area contributed by atoms with Crippen LogP contribution in [0.2, 0.25) is 0 Å². The van der Waals surface area contributed by atoms with Crippen molar-refractivity contribution >= 4 is 17.4 Å². The smallest absolute Gasteiger partial charge is 0.289 e. The number of nitrogens with one attached hydrogen (secondary N) is 2. The molecule has 0 fully saturated rings. The second-order valence-electron chi connectivity index (χ2n) is 5.68. The van der Waals surface area contributed by atoms with Crippen LogP contribution in [0.1, 0.15) is 30.6 Å². The monoisotopic (exact) mass is 309 g/mol. The Morgan fingerprint density at radius 3 is 2.74 bits per heavy atom. The van der Waals surface area contributed by atoms with E-state index in [2.05, 4.69) is 53.7 Å². The Morgan fingerprint density at radius 2 is 2.00 bits per heavy atom. The van der Waals surface area contributed by atoms with Crippen LogP contribution >= 0.6 is 0 Å². The zero-order valence-corrected chi connectivity index (χ0v) is 13.7. The Labute approximate surface area is 137 Å². The molecule has 120 valence electrons. The third kappa shape index (κ3) is 3.83. The number of aliphatic imine (C=N–C) groups is 1. The van der Waals surface area contributed by atoms with Crippen molar-refractivity contribution in [3.8, 4) is 0 Å². The van der Waals surface area contributed by atoms with Gasteiger partial charge in [-0.15, -0.1) is 0 Å². The van der Waals surface area contributed by atoms with Crippen LogP contribution in [-0.2, 0) is 4.74 Å². The first-order valence-electron chi connectivity index (χ1n) is 8.14. The molecule has 1 aliphatic rings. The number of benzene rings is 2. The van der Waals surface area contributed by atoms with Gasteiger partial charge < -0.3 is 15.4 Å². The second-order valence-corrected chi connectivity index (χ2v) is 5.68. The van der Waals surface area contributed by atoms with Gasteiger partial charge in [0.15, 0.2) is 0 Å². The predicted molar refractivity (Wildman–Crippen MR) is 96.2 cm³/mol. The van der Waals surface area contributed by atoms with E-state index >= 15 is 0 Å². The van der Waals surface area contributed by atoms with Crippen molar-refractivity contribution in [3.63, 3.8) is 0 Å². The van der Waals surface area contributed by atoms with Crippen molar-refractivity contribution in [3.05, 3.63) is 59.7 Å². The van der Waals surface area contributed by atoms with Gasteiger partial charge in [-0.3, -0.25) is 0 Å². The van der Waals surface area contributed by atoms with Crippen molar-refractivity contribution in [1.82, 2.24) is 0 Å². The lowest BCUT2D eigenvalue weighted by molar-refractivity contribution is 0.168. The summed E-state index contributed by atoms with van der Waals surface area (Å²) in [5.41, 5.74) is 4.55. The van der Waals surface area contributed by atoms with Crippen LogP contribution in [-0.4, -0.2) is 19.1 Å². The number of amidine groups is 1. The van der Waals surface area contributed by atoms with E-state index in [1.54, 1.807) is 0 Å². The topological polar surface area (TPSA) is 45.7 Å². The molecule has 23 heavy (non-hydrogen) atoms. The number of aryl methyl sites for hydroxylation is 1. The molecule has 1 atom stereocenters. The predicted octanol–water partition coefficient (Wildman–Crippen LogP) is 4.36. The van der Waals surface area contributed by atoms with Crippen LogP contribution in [0, 0.1) is 6.92 Å². The minimum absolute atomic E-state index is 0.0679. The first-order chi connectivity index (χ1) is 11.3. The largest absolute Gasteiger partial charge is 0.457 e. The number of hydrogen-bond acceptors (Lipinski definition) is 4. The molecule has 4 heteroatoms. The molecule has 0 spiro atoms. The highest BCUT2D eigenvalue weighted by Crippen LogP contribution is 2.26. The van der Waals surface area contributed by atoms with Crippen LogP contribution < -0.4 is 10.6 Å². The van der Waals surface area contributed by atoms with Crippen LogP contribution in [0.15, 0.2) is 53.5 Å². The average molecular weight is 309 g/mol.